The molecule has 2 aliphatic carbocycles. The molecule has 12 heteroatoms. The number of alkyl halides is 1. The second-order valence-electron chi connectivity index (χ2n) is 12.6. The van der Waals surface area contributed by atoms with Gasteiger partial charge in [-0.1, -0.05) is 0 Å². The van der Waals surface area contributed by atoms with Crippen LogP contribution in [-0.2, 0) is 16.0 Å². The Balaban J connectivity index is 1.24. The molecule has 9 nitrogen and oxygen atoms in total. The summed E-state index contributed by atoms with van der Waals surface area (Å²) in [7, 11) is 1.46. The molecular formula is C33H32F3N5O4. The summed E-state index contributed by atoms with van der Waals surface area (Å²) in [5, 5.41) is 7.91. The molecule has 2 saturated carbocycles. The molecule has 2 aromatic carbocycles. The van der Waals surface area contributed by atoms with E-state index in [-0.39, 0.29) is 53.5 Å². The van der Waals surface area contributed by atoms with Crippen LogP contribution in [0.15, 0.2) is 36.5 Å². The number of nitrogens with two attached hydrogens (primary N) is 1. The zero-order valence-corrected chi connectivity index (χ0v) is 25.0. The molecule has 0 unspecified atom stereocenters. The summed E-state index contributed by atoms with van der Waals surface area (Å²) in [4.78, 5) is 30.9. The first-order chi connectivity index (χ1) is 21.4. The first-order valence-corrected chi connectivity index (χ1v) is 14.9. The van der Waals surface area contributed by atoms with Crippen molar-refractivity contribution in [2.45, 2.75) is 56.7 Å². The minimum atomic E-state index is -1.51. The average molecular weight is 620 g/mol. The number of aryl methyl sites for hydroxylation is 1. The quantitative estimate of drug-likeness (QED) is 0.267. The Hall–Kier alpha value is -4.61. The van der Waals surface area contributed by atoms with Gasteiger partial charge in [0.2, 0.25) is 11.7 Å². The number of carbonyl (C=O) groups is 2. The van der Waals surface area contributed by atoms with Crippen molar-refractivity contribution in [2.75, 3.05) is 20.3 Å². The molecular weight excluding hydrogens is 587 g/mol. The van der Waals surface area contributed by atoms with Crippen LogP contribution >= 0.6 is 0 Å². The van der Waals surface area contributed by atoms with Gasteiger partial charge in [0.15, 0.2) is 0 Å². The number of amides is 2. The van der Waals surface area contributed by atoms with Crippen LogP contribution in [0.2, 0.25) is 0 Å². The van der Waals surface area contributed by atoms with Gasteiger partial charge in [-0.2, -0.15) is 5.10 Å². The van der Waals surface area contributed by atoms with E-state index < -0.39 is 28.7 Å². The first-order valence-electron chi connectivity index (χ1n) is 14.9. The number of halogens is 3. The number of carbonyl (C=O) groups excluding carboxylic acids is 2. The number of fused-ring (bicyclic) bond motifs is 2. The molecule has 234 valence electrons. The topological polar surface area (TPSA) is 121 Å². The lowest BCUT2D eigenvalue weighted by Gasteiger charge is -2.22. The molecule has 4 aromatic rings. The van der Waals surface area contributed by atoms with Gasteiger partial charge in [0, 0.05) is 59.3 Å². The Morgan fingerprint density at radius 1 is 1.18 bits per heavy atom. The molecule has 2 fully saturated rings. The fourth-order valence-electron chi connectivity index (χ4n) is 6.05. The summed E-state index contributed by atoms with van der Waals surface area (Å²) in [5.74, 6) is -3.40. The van der Waals surface area contributed by atoms with Crippen LogP contribution in [0.4, 0.5) is 13.2 Å². The lowest BCUT2D eigenvalue weighted by Crippen LogP contribution is -2.40. The van der Waals surface area contributed by atoms with Crippen molar-refractivity contribution in [1.82, 2.24) is 20.1 Å². The van der Waals surface area contributed by atoms with Crippen molar-refractivity contribution in [2.24, 2.45) is 11.7 Å². The average Bonchev–Trinajstić information content (AvgIpc) is 3.92. The first kappa shape index (κ1) is 29.1. The maximum Gasteiger partial charge on any atom is 0.251 e. The number of hydrogen-bond acceptors (Lipinski definition) is 6. The fourth-order valence-corrected chi connectivity index (χ4v) is 6.05. The van der Waals surface area contributed by atoms with Gasteiger partial charge in [0.25, 0.3) is 5.91 Å². The van der Waals surface area contributed by atoms with Crippen molar-refractivity contribution in [3.63, 3.8) is 0 Å². The zero-order valence-electron chi connectivity index (χ0n) is 25.0. The van der Waals surface area contributed by atoms with Gasteiger partial charge in [0.1, 0.15) is 46.4 Å². The van der Waals surface area contributed by atoms with Gasteiger partial charge < -0.3 is 20.5 Å². The third kappa shape index (κ3) is 4.87. The third-order valence-electron chi connectivity index (χ3n) is 9.32. The highest BCUT2D eigenvalue weighted by Gasteiger charge is 2.47. The minimum absolute atomic E-state index is 0.0684. The van der Waals surface area contributed by atoms with Crippen LogP contribution in [0.25, 0.3) is 22.2 Å². The maximum absolute atomic E-state index is 15.3. The Morgan fingerprint density at radius 3 is 2.60 bits per heavy atom. The lowest BCUT2D eigenvalue weighted by atomic mass is 9.82. The molecule has 3 aliphatic rings. The number of rotatable bonds is 9. The summed E-state index contributed by atoms with van der Waals surface area (Å²) in [5.41, 5.74) is 6.44. The van der Waals surface area contributed by atoms with E-state index in [0.29, 0.717) is 46.3 Å². The van der Waals surface area contributed by atoms with E-state index in [9.17, 15) is 18.4 Å². The van der Waals surface area contributed by atoms with E-state index in [0.717, 1.165) is 25.0 Å². The van der Waals surface area contributed by atoms with E-state index >= 15 is 4.39 Å². The monoisotopic (exact) mass is 619 g/mol. The number of methoxy groups -OCH3 is 1. The van der Waals surface area contributed by atoms with Crippen molar-refractivity contribution in [1.29, 1.82) is 0 Å². The lowest BCUT2D eigenvalue weighted by molar-refractivity contribution is -0.123. The minimum Gasteiger partial charge on any atom is -0.494 e. The Morgan fingerprint density at radius 2 is 1.93 bits per heavy atom. The number of benzene rings is 2. The zero-order chi connectivity index (χ0) is 31.8. The van der Waals surface area contributed by atoms with E-state index in [4.69, 9.17) is 20.2 Å². The van der Waals surface area contributed by atoms with Crippen LogP contribution in [0.1, 0.15) is 65.7 Å². The molecule has 45 heavy (non-hydrogen) atoms. The summed E-state index contributed by atoms with van der Waals surface area (Å²) in [6.45, 7) is 3.23. The van der Waals surface area contributed by atoms with Gasteiger partial charge in [-0.3, -0.25) is 9.59 Å². The molecule has 1 aliphatic heterocycles. The summed E-state index contributed by atoms with van der Waals surface area (Å²) >= 11 is 0. The molecule has 2 atom stereocenters. The fraction of sp³-hybridized carbons (Fsp3) is 0.394. The number of nitrogens with zero attached hydrogens (tertiary/aromatic N) is 3. The highest BCUT2D eigenvalue weighted by molar-refractivity contribution is 6.00. The Kier molecular flexibility index (Phi) is 6.61. The van der Waals surface area contributed by atoms with Crippen LogP contribution in [0.5, 0.6) is 11.5 Å². The Bertz CT molecular complexity index is 1900. The van der Waals surface area contributed by atoms with E-state index in [1.54, 1.807) is 31.3 Å². The molecule has 0 radical (unpaired) electrons. The number of hydrogen-bond donors (Lipinski definition) is 2. The van der Waals surface area contributed by atoms with Crippen LogP contribution in [-0.4, -0.2) is 46.8 Å². The van der Waals surface area contributed by atoms with Crippen LogP contribution in [0, 0.1) is 24.5 Å². The molecule has 3 heterocycles. The Labute approximate surface area is 256 Å². The summed E-state index contributed by atoms with van der Waals surface area (Å²) in [6, 6.07) is 7.12. The van der Waals surface area contributed by atoms with Crippen molar-refractivity contribution >= 4 is 22.7 Å². The van der Waals surface area contributed by atoms with Crippen LogP contribution in [0.3, 0.4) is 0 Å². The highest BCUT2D eigenvalue weighted by Crippen LogP contribution is 2.49. The highest BCUT2D eigenvalue weighted by atomic mass is 19.2. The molecule has 7 rings (SSSR count). The standard InChI is InChI=1S/C33H32F3N5O4/c1-16-8-24(35)20(11-23(16)34)28-29-22(32(2,15-45-29)31(37)43)12-25(39-28)21(17-4-5-17)13-38-30(42)18-9-19-14-41(33(36)6-7-33)40-27(19)26(10-18)44-3/h8-12,14,17,21H,4-7,13,15H2,1-3H3,(H2,37,43)(H,38,42)/t21-,32-/m0/s1. The number of primary amides is 1. The summed E-state index contributed by atoms with van der Waals surface area (Å²) < 4.78 is 57.3. The van der Waals surface area contributed by atoms with Crippen molar-refractivity contribution < 1.29 is 32.2 Å². The molecule has 2 amide bonds. The maximum atomic E-state index is 15.3. The smallest absolute Gasteiger partial charge is 0.251 e. The van der Waals surface area contributed by atoms with Crippen molar-refractivity contribution in [3.8, 4) is 22.8 Å². The van der Waals surface area contributed by atoms with Gasteiger partial charge in [0.05, 0.1) is 7.11 Å². The molecule has 3 N–H and O–H groups in total. The van der Waals surface area contributed by atoms with Gasteiger partial charge in [-0.25, -0.2) is 22.8 Å². The predicted octanol–water partition coefficient (Wildman–Crippen LogP) is 5.17. The van der Waals surface area contributed by atoms with E-state index in [2.05, 4.69) is 10.4 Å². The molecule has 0 bridgehead atoms. The normalized spacial score (nSPS) is 20.4. The van der Waals surface area contributed by atoms with Gasteiger partial charge in [-0.05, 0) is 68.5 Å². The second-order valence-corrected chi connectivity index (χ2v) is 12.6. The molecule has 0 spiro atoms. The SMILES string of the molecule is COc1cc(C(=O)NC[C@H](c2cc3c(c(-c4cc(F)c(C)cc4F)n2)OC[C@]3(C)C(N)=O)C2CC2)cc2cn(C3(F)CC3)nc12. The van der Waals surface area contributed by atoms with Crippen LogP contribution < -0.4 is 20.5 Å². The van der Waals surface area contributed by atoms with Gasteiger partial charge in [-0.15, -0.1) is 0 Å². The summed E-state index contributed by atoms with van der Waals surface area (Å²) in [6.07, 6.45) is 4.11. The van der Waals surface area contributed by atoms with E-state index in [1.165, 1.54) is 18.7 Å². The van der Waals surface area contributed by atoms with Crippen molar-refractivity contribution in [3.05, 3.63) is 70.5 Å². The third-order valence-corrected chi connectivity index (χ3v) is 9.32. The number of pyridine rings is 1. The second kappa shape index (κ2) is 10.2. The molecule has 0 saturated heterocycles. The molecule has 2 aromatic heterocycles. The number of nitrogens with one attached hydrogen (secondary N) is 1. The predicted molar refractivity (Wildman–Crippen MR) is 159 cm³/mol. The number of ether oxygens (including phenoxy) is 2. The number of aromatic nitrogens is 3. The largest absolute Gasteiger partial charge is 0.494 e. The van der Waals surface area contributed by atoms with E-state index in [1.807, 2.05) is 0 Å². The van der Waals surface area contributed by atoms with Gasteiger partial charge >= 0.3 is 0 Å².